The van der Waals surface area contributed by atoms with E-state index in [1.54, 1.807) is 20.1 Å². The Morgan fingerprint density at radius 1 is 1.21 bits per heavy atom. The number of ether oxygens (including phenoxy) is 1. The molecule has 34 heavy (non-hydrogen) atoms. The van der Waals surface area contributed by atoms with Gasteiger partial charge in [-0.1, -0.05) is 42.5 Å². The molecule has 0 radical (unpaired) electrons. The zero-order valence-corrected chi connectivity index (χ0v) is 22.1. The van der Waals surface area contributed by atoms with E-state index in [0.717, 1.165) is 39.4 Å². The smallest absolute Gasteiger partial charge is 0.167 e. The van der Waals surface area contributed by atoms with Crippen LogP contribution in [0.5, 0.6) is 5.75 Å². The number of thiazole rings is 1. The van der Waals surface area contributed by atoms with Crippen LogP contribution in [-0.4, -0.2) is 18.1 Å². The predicted molar refractivity (Wildman–Crippen MR) is 142 cm³/mol. The van der Waals surface area contributed by atoms with Crippen molar-refractivity contribution >= 4 is 35.3 Å². The molecule has 0 amide bonds. The van der Waals surface area contributed by atoms with E-state index in [9.17, 15) is 4.39 Å². The number of rotatable bonds is 6. The van der Waals surface area contributed by atoms with E-state index >= 15 is 0 Å². The number of hydrogen-bond acceptors (Lipinski definition) is 4. The fourth-order valence-corrected chi connectivity index (χ4v) is 5.08. The topological polar surface area (TPSA) is 48.1 Å². The van der Waals surface area contributed by atoms with Gasteiger partial charge < -0.3 is 10.5 Å². The number of aryl methyl sites for hydroxylation is 3. The second kappa shape index (κ2) is 11.1. The molecule has 0 spiro atoms. The lowest BCUT2D eigenvalue weighted by molar-refractivity contribution is 0.412. The van der Waals surface area contributed by atoms with Crippen LogP contribution in [-0.2, 0) is 0 Å². The van der Waals surface area contributed by atoms with Crippen LogP contribution in [0.4, 0.5) is 4.39 Å². The van der Waals surface area contributed by atoms with Crippen LogP contribution in [0.15, 0.2) is 30.3 Å². The van der Waals surface area contributed by atoms with Crippen molar-refractivity contribution in [3.05, 3.63) is 67.7 Å². The summed E-state index contributed by atoms with van der Waals surface area (Å²) >= 11 is 8.03. The van der Waals surface area contributed by atoms with Crippen molar-refractivity contribution < 1.29 is 9.13 Å². The molecule has 180 valence electrons. The Balaban J connectivity index is 0.00000324. The van der Waals surface area contributed by atoms with Crippen molar-refractivity contribution in [3.63, 3.8) is 0 Å². The minimum absolute atomic E-state index is 0. The van der Waals surface area contributed by atoms with Gasteiger partial charge in [-0.25, -0.2) is 9.37 Å². The SMILES string of the molecule is COc1cc(Cl)c(-c2nc(C#C[C@@H](N)C(CC3CC3)c3ccc(C)c(F)c3)sc2C)cc1C.Cl. The summed E-state index contributed by atoms with van der Waals surface area (Å²) in [5.74, 6) is 7.58. The number of benzene rings is 2. The summed E-state index contributed by atoms with van der Waals surface area (Å²) < 4.78 is 19.6. The van der Waals surface area contributed by atoms with Gasteiger partial charge in [-0.3, -0.25) is 0 Å². The first kappa shape index (κ1) is 26.5. The second-order valence-corrected chi connectivity index (χ2v) is 10.4. The third kappa shape index (κ3) is 5.93. The van der Waals surface area contributed by atoms with Crippen LogP contribution in [0.3, 0.4) is 0 Å². The summed E-state index contributed by atoms with van der Waals surface area (Å²) in [6, 6.07) is 8.82. The van der Waals surface area contributed by atoms with E-state index < -0.39 is 6.04 Å². The van der Waals surface area contributed by atoms with Crippen LogP contribution in [0, 0.1) is 44.3 Å². The molecule has 7 heteroatoms. The Morgan fingerprint density at radius 2 is 1.94 bits per heavy atom. The molecule has 3 aromatic rings. The van der Waals surface area contributed by atoms with Crippen LogP contribution in [0.2, 0.25) is 5.02 Å². The Hall–Kier alpha value is -2.10. The van der Waals surface area contributed by atoms with Crippen molar-refractivity contribution in [2.75, 3.05) is 7.11 Å². The highest BCUT2D eigenvalue weighted by atomic mass is 35.5. The van der Waals surface area contributed by atoms with Gasteiger partial charge in [0, 0.05) is 16.4 Å². The lowest BCUT2D eigenvalue weighted by atomic mass is 9.87. The molecule has 1 aromatic heterocycles. The first-order valence-electron chi connectivity index (χ1n) is 11.1. The molecule has 4 rings (SSSR count). The maximum Gasteiger partial charge on any atom is 0.167 e. The molecule has 2 atom stereocenters. The van der Waals surface area contributed by atoms with Gasteiger partial charge in [0.05, 0.1) is 23.9 Å². The highest BCUT2D eigenvalue weighted by Gasteiger charge is 2.29. The Bertz CT molecular complexity index is 1240. The summed E-state index contributed by atoms with van der Waals surface area (Å²) in [5, 5.41) is 1.29. The van der Waals surface area contributed by atoms with Gasteiger partial charge in [0.1, 0.15) is 11.6 Å². The second-order valence-electron chi connectivity index (χ2n) is 8.81. The number of halogens is 3. The van der Waals surface area contributed by atoms with Crippen LogP contribution in [0.1, 0.15) is 51.8 Å². The number of nitrogens with two attached hydrogens (primary N) is 1. The minimum Gasteiger partial charge on any atom is -0.496 e. The van der Waals surface area contributed by atoms with Crippen molar-refractivity contribution in [2.24, 2.45) is 11.7 Å². The van der Waals surface area contributed by atoms with Crippen molar-refractivity contribution in [3.8, 4) is 28.8 Å². The molecule has 0 aliphatic heterocycles. The lowest BCUT2D eigenvalue weighted by Crippen LogP contribution is -2.27. The molecule has 3 nitrogen and oxygen atoms in total. The van der Waals surface area contributed by atoms with Gasteiger partial charge in [0.25, 0.3) is 0 Å². The zero-order valence-electron chi connectivity index (χ0n) is 19.7. The van der Waals surface area contributed by atoms with E-state index in [-0.39, 0.29) is 24.1 Å². The lowest BCUT2D eigenvalue weighted by Gasteiger charge is -2.21. The van der Waals surface area contributed by atoms with Crippen LogP contribution in [0.25, 0.3) is 11.3 Å². The Morgan fingerprint density at radius 3 is 2.59 bits per heavy atom. The maximum absolute atomic E-state index is 14.2. The van der Waals surface area contributed by atoms with Crippen LogP contribution >= 0.6 is 35.3 Å². The van der Waals surface area contributed by atoms with E-state index in [1.807, 2.05) is 38.1 Å². The fourth-order valence-electron chi connectivity index (χ4n) is 4.05. The number of nitrogens with zero attached hydrogens (tertiary/aromatic N) is 1. The van der Waals surface area contributed by atoms with Crippen LogP contribution < -0.4 is 10.5 Å². The highest BCUT2D eigenvalue weighted by Crippen LogP contribution is 2.40. The fraction of sp³-hybridized carbons (Fsp3) is 0.370. The molecule has 2 aromatic carbocycles. The average Bonchev–Trinajstić information content (AvgIpc) is 3.54. The number of hydrogen-bond donors (Lipinski definition) is 1. The predicted octanol–water partition coefficient (Wildman–Crippen LogP) is 7.22. The summed E-state index contributed by atoms with van der Waals surface area (Å²) in [4.78, 5) is 5.78. The standard InChI is InChI=1S/C27H28ClFN2OS.ClH/c1-15-5-8-19(13-23(15)29)20(12-18-6-7-18)24(30)9-10-26-31-27(17(3)33-26)21-11-16(2)25(32-4)14-22(21)28;/h5,8,11,13-14,18,20,24H,6-7,12,30H2,1-4H3;1H/t20?,24-;/m1./s1. The summed E-state index contributed by atoms with van der Waals surface area (Å²) in [7, 11) is 1.63. The normalized spacial score (nSPS) is 14.6. The monoisotopic (exact) mass is 518 g/mol. The number of methoxy groups -OCH3 is 1. The third-order valence-corrected chi connectivity index (χ3v) is 7.42. The highest BCUT2D eigenvalue weighted by molar-refractivity contribution is 7.12. The largest absolute Gasteiger partial charge is 0.496 e. The van der Waals surface area contributed by atoms with E-state index in [0.29, 0.717) is 21.5 Å². The first-order chi connectivity index (χ1) is 15.8. The van der Waals surface area contributed by atoms with Crippen molar-refractivity contribution in [1.29, 1.82) is 0 Å². The Kier molecular flexibility index (Phi) is 8.65. The van der Waals surface area contributed by atoms with E-state index in [2.05, 4.69) is 11.8 Å². The molecule has 2 N–H and O–H groups in total. The summed E-state index contributed by atoms with van der Waals surface area (Å²) in [6.45, 7) is 5.76. The molecule has 0 bridgehead atoms. The quantitative estimate of drug-likeness (QED) is 0.350. The van der Waals surface area contributed by atoms with Gasteiger partial charge in [-0.15, -0.1) is 23.7 Å². The maximum atomic E-state index is 14.2. The van der Waals surface area contributed by atoms with Gasteiger partial charge in [0.15, 0.2) is 5.01 Å². The molecule has 0 saturated heterocycles. The molecule has 1 fully saturated rings. The van der Waals surface area contributed by atoms with Gasteiger partial charge >= 0.3 is 0 Å². The third-order valence-electron chi connectivity index (χ3n) is 6.22. The summed E-state index contributed by atoms with van der Waals surface area (Å²) in [5.41, 5.74) is 10.8. The molecule has 1 aliphatic rings. The molecular weight excluding hydrogens is 490 g/mol. The van der Waals surface area contributed by atoms with E-state index in [4.69, 9.17) is 27.1 Å². The van der Waals surface area contributed by atoms with E-state index in [1.165, 1.54) is 24.2 Å². The van der Waals surface area contributed by atoms with Crippen molar-refractivity contribution in [2.45, 2.75) is 52.0 Å². The molecule has 1 heterocycles. The minimum atomic E-state index is -0.396. The summed E-state index contributed by atoms with van der Waals surface area (Å²) in [6.07, 6.45) is 3.35. The molecular formula is C27H29Cl2FN2OS. The van der Waals surface area contributed by atoms with Gasteiger partial charge in [0.2, 0.25) is 0 Å². The van der Waals surface area contributed by atoms with Crippen molar-refractivity contribution in [1.82, 2.24) is 4.98 Å². The van der Waals surface area contributed by atoms with Gasteiger partial charge in [-0.05, 0) is 73.9 Å². The molecule has 1 saturated carbocycles. The Labute approximate surface area is 216 Å². The molecule has 1 unspecified atom stereocenters. The zero-order chi connectivity index (χ0) is 23.7. The number of aromatic nitrogens is 1. The average molecular weight is 520 g/mol. The molecule has 1 aliphatic carbocycles. The first-order valence-corrected chi connectivity index (χ1v) is 12.3. The van der Waals surface area contributed by atoms with Gasteiger partial charge in [-0.2, -0.15) is 0 Å².